The molecule has 1 radical (unpaired) electrons. The van der Waals surface area contributed by atoms with Crippen molar-refractivity contribution in [3.05, 3.63) is 6.42 Å². The van der Waals surface area contributed by atoms with E-state index >= 15 is 0 Å². The first-order valence-electron chi connectivity index (χ1n) is 4.58. The van der Waals surface area contributed by atoms with Gasteiger partial charge in [0, 0.05) is 19.3 Å². The van der Waals surface area contributed by atoms with Gasteiger partial charge in [0.1, 0.15) is 0 Å². The standard InChI is InChI=1S/C12H17/c1-3-5-7-9-11-12-10-8-6-4-2/h12H,3,8-11H2,1-2H3. The fraction of sp³-hybridized carbons (Fsp3) is 0.583. The summed E-state index contributed by atoms with van der Waals surface area (Å²) in [4.78, 5) is 0. The maximum atomic E-state index is 3.11. The van der Waals surface area contributed by atoms with Crippen LogP contribution in [0.15, 0.2) is 0 Å². The number of rotatable bonds is 4. The molecule has 0 spiro atoms. The lowest BCUT2D eigenvalue weighted by atomic mass is 10.1. The Balaban J connectivity index is 3.04. The SMILES string of the molecule is CC#CCC[CH]CCC#CCC. The number of unbranched alkanes of at least 4 members (excludes halogenated alkanes) is 4. The van der Waals surface area contributed by atoms with E-state index in [0.29, 0.717) is 0 Å². The summed E-state index contributed by atoms with van der Waals surface area (Å²) in [5.41, 5.74) is 0. The smallest absolute Gasteiger partial charge is 0.00914 e. The van der Waals surface area contributed by atoms with Gasteiger partial charge in [-0.15, -0.1) is 23.7 Å². The zero-order valence-corrected chi connectivity index (χ0v) is 8.11. The second kappa shape index (κ2) is 10.1. The van der Waals surface area contributed by atoms with Crippen LogP contribution in [0.3, 0.4) is 0 Å². The van der Waals surface area contributed by atoms with Crippen molar-refractivity contribution in [2.45, 2.75) is 46.0 Å². The zero-order chi connectivity index (χ0) is 9.07. The van der Waals surface area contributed by atoms with Gasteiger partial charge in [-0.3, -0.25) is 0 Å². The van der Waals surface area contributed by atoms with Crippen molar-refractivity contribution in [3.8, 4) is 23.7 Å². The van der Waals surface area contributed by atoms with Gasteiger partial charge in [-0.05, 0) is 26.2 Å². The lowest BCUT2D eigenvalue weighted by Gasteiger charge is -1.90. The third-order valence-electron chi connectivity index (χ3n) is 1.43. The van der Waals surface area contributed by atoms with Gasteiger partial charge in [-0.1, -0.05) is 6.92 Å². The molecule has 0 aliphatic rings. The van der Waals surface area contributed by atoms with Crippen LogP contribution in [0.25, 0.3) is 0 Å². The molecule has 0 heterocycles. The van der Waals surface area contributed by atoms with Crippen LogP contribution in [-0.4, -0.2) is 0 Å². The largest absolute Gasteiger partial charge is 0.107 e. The Bertz CT molecular complexity index is 192. The summed E-state index contributed by atoms with van der Waals surface area (Å²) in [5, 5.41) is 0. The number of hydrogen-bond acceptors (Lipinski definition) is 0. The van der Waals surface area contributed by atoms with Crippen LogP contribution in [0, 0.1) is 30.1 Å². The fourth-order valence-corrected chi connectivity index (χ4v) is 0.831. The molecule has 0 rings (SSSR count). The molecule has 0 aliphatic carbocycles. The predicted molar refractivity (Wildman–Crippen MR) is 54.3 cm³/mol. The first kappa shape index (κ1) is 11.1. The van der Waals surface area contributed by atoms with Crippen LogP contribution >= 0.6 is 0 Å². The van der Waals surface area contributed by atoms with Gasteiger partial charge < -0.3 is 0 Å². The molecule has 0 unspecified atom stereocenters. The summed E-state index contributed by atoms with van der Waals surface area (Å²) in [5.74, 6) is 12.1. The molecule has 0 N–H and O–H groups in total. The first-order valence-corrected chi connectivity index (χ1v) is 4.58. The van der Waals surface area contributed by atoms with Crippen molar-refractivity contribution in [2.75, 3.05) is 0 Å². The third-order valence-corrected chi connectivity index (χ3v) is 1.43. The van der Waals surface area contributed by atoms with E-state index in [1.165, 1.54) is 0 Å². The van der Waals surface area contributed by atoms with Gasteiger partial charge in [-0.25, -0.2) is 0 Å². The summed E-state index contributed by atoms with van der Waals surface area (Å²) in [7, 11) is 0. The van der Waals surface area contributed by atoms with Crippen molar-refractivity contribution >= 4 is 0 Å². The first-order chi connectivity index (χ1) is 5.91. The van der Waals surface area contributed by atoms with Gasteiger partial charge in [0.15, 0.2) is 0 Å². The second-order valence-electron chi connectivity index (χ2n) is 2.50. The molecule has 0 atom stereocenters. The van der Waals surface area contributed by atoms with Crippen LogP contribution in [0.4, 0.5) is 0 Å². The van der Waals surface area contributed by atoms with Crippen molar-refractivity contribution in [2.24, 2.45) is 0 Å². The molecule has 65 valence electrons. The highest BCUT2D eigenvalue weighted by molar-refractivity contribution is 4.99. The minimum absolute atomic E-state index is 0.974. The van der Waals surface area contributed by atoms with Gasteiger partial charge >= 0.3 is 0 Å². The van der Waals surface area contributed by atoms with Crippen molar-refractivity contribution in [1.82, 2.24) is 0 Å². The van der Waals surface area contributed by atoms with E-state index in [1.54, 1.807) is 0 Å². The molecule has 0 nitrogen and oxygen atoms in total. The molecule has 0 saturated heterocycles. The van der Waals surface area contributed by atoms with Crippen LogP contribution in [0.1, 0.15) is 46.0 Å². The lowest BCUT2D eigenvalue weighted by molar-refractivity contribution is 0.876. The summed E-state index contributed by atoms with van der Waals surface area (Å²) in [6.07, 6.45) is 7.47. The summed E-state index contributed by atoms with van der Waals surface area (Å²) < 4.78 is 0. The molecule has 0 heteroatoms. The van der Waals surface area contributed by atoms with Crippen LogP contribution in [0.5, 0.6) is 0 Å². The molecule has 0 aliphatic heterocycles. The Labute approximate surface area is 76.8 Å². The van der Waals surface area contributed by atoms with Crippen LogP contribution in [-0.2, 0) is 0 Å². The average molecular weight is 161 g/mol. The Hall–Kier alpha value is -0.880. The predicted octanol–water partition coefficient (Wildman–Crippen LogP) is 3.19. The highest BCUT2D eigenvalue weighted by atomic mass is 13.9. The van der Waals surface area contributed by atoms with Gasteiger partial charge in [-0.2, -0.15) is 0 Å². The second-order valence-corrected chi connectivity index (χ2v) is 2.50. The van der Waals surface area contributed by atoms with Gasteiger partial charge in [0.05, 0.1) is 0 Å². The average Bonchev–Trinajstić information content (AvgIpc) is 2.10. The Morgan fingerprint density at radius 3 is 2.25 bits per heavy atom. The third kappa shape index (κ3) is 9.12. The maximum Gasteiger partial charge on any atom is 0.00914 e. The summed E-state index contributed by atoms with van der Waals surface area (Å²) >= 11 is 0. The molecule has 0 aromatic rings. The Morgan fingerprint density at radius 1 is 1.00 bits per heavy atom. The van der Waals surface area contributed by atoms with E-state index in [1.807, 2.05) is 6.92 Å². The number of hydrogen-bond donors (Lipinski definition) is 0. The van der Waals surface area contributed by atoms with Crippen molar-refractivity contribution < 1.29 is 0 Å². The Kier molecular flexibility index (Phi) is 9.38. The van der Waals surface area contributed by atoms with Gasteiger partial charge in [0.2, 0.25) is 0 Å². The zero-order valence-electron chi connectivity index (χ0n) is 8.11. The highest BCUT2D eigenvalue weighted by Gasteiger charge is 1.84. The van der Waals surface area contributed by atoms with E-state index in [2.05, 4.69) is 37.0 Å². The topological polar surface area (TPSA) is 0 Å². The molecule has 0 aromatic carbocycles. The monoisotopic (exact) mass is 161 g/mol. The summed E-state index contributed by atoms with van der Waals surface area (Å²) in [6, 6.07) is 0. The molecular weight excluding hydrogens is 144 g/mol. The quantitative estimate of drug-likeness (QED) is 0.439. The molecule has 0 saturated carbocycles. The summed E-state index contributed by atoms with van der Waals surface area (Å²) in [6.45, 7) is 3.96. The molecule has 0 bridgehead atoms. The van der Waals surface area contributed by atoms with E-state index < -0.39 is 0 Å². The molecule has 0 fully saturated rings. The molecular formula is C12H17. The maximum absolute atomic E-state index is 3.11. The van der Waals surface area contributed by atoms with Crippen LogP contribution in [0.2, 0.25) is 0 Å². The van der Waals surface area contributed by atoms with Crippen LogP contribution < -0.4 is 0 Å². The molecule has 0 amide bonds. The lowest BCUT2D eigenvalue weighted by Crippen LogP contribution is -1.76. The molecule has 0 aromatic heterocycles. The van der Waals surface area contributed by atoms with Gasteiger partial charge in [0.25, 0.3) is 0 Å². The normalized spacial score (nSPS) is 7.83. The van der Waals surface area contributed by atoms with E-state index in [4.69, 9.17) is 0 Å². The highest BCUT2D eigenvalue weighted by Crippen LogP contribution is 1.99. The van der Waals surface area contributed by atoms with E-state index in [-0.39, 0.29) is 0 Å². The molecule has 12 heavy (non-hydrogen) atoms. The van der Waals surface area contributed by atoms with Crippen molar-refractivity contribution in [3.63, 3.8) is 0 Å². The Morgan fingerprint density at radius 2 is 1.67 bits per heavy atom. The van der Waals surface area contributed by atoms with E-state index in [9.17, 15) is 0 Å². The van der Waals surface area contributed by atoms with Crippen molar-refractivity contribution in [1.29, 1.82) is 0 Å². The minimum Gasteiger partial charge on any atom is -0.107 e. The fourth-order valence-electron chi connectivity index (χ4n) is 0.831. The minimum atomic E-state index is 0.974. The van der Waals surface area contributed by atoms with E-state index in [0.717, 1.165) is 32.1 Å².